The van der Waals surface area contributed by atoms with E-state index in [1.165, 1.54) is 29.9 Å². The topological polar surface area (TPSA) is 96.3 Å². The highest BCUT2D eigenvalue weighted by atomic mass is 32.1. The molecule has 0 fully saturated rings. The Bertz CT molecular complexity index is 996. The van der Waals surface area contributed by atoms with Crippen molar-refractivity contribution < 1.29 is 9.59 Å². The number of benzene rings is 1. The summed E-state index contributed by atoms with van der Waals surface area (Å²) in [6.45, 7) is 0. The zero-order valence-electron chi connectivity index (χ0n) is 13.5. The van der Waals surface area contributed by atoms with Crippen molar-refractivity contribution in [2.24, 2.45) is 4.99 Å². The number of carbonyl (C=O) groups is 2. The Kier molecular flexibility index (Phi) is 4.24. The quantitative estimate of drug-likeness (QED) is 0.746. The number of nitrogens with zero attached hydrogens (tertiary/aromatic N) is 3. The van der Waals surface area contributed by atoms with Gasteiger partial charge in [-0.2, -0.15) is 0 Å². The third-order valence-electron chi connectivity index (χ3n) is 3.77. The van der Waals surface area contributed by atoms with Gasteiger partial charge in [0.15, 0.2) is 0 Å². The van der Waals surface area contributed by atoms with Crippen LogP contribution in [-0.2, 0) is 4.79 Å². The second-order valence-electron chi connectivity index (χ2n) is 5.58. The largest absolute Gasteiger partial charge is 0.323 e. The number of hydrogen-bond donors (Lipinski definition) is 2. The Morgan fingerprint density at radius 1 is 1.15 bits per heavy atom. The third kappa shape index (κ3) is 3.35. The Hall–Kier alpha value is -3.39. The molecule has 0 saturated carbocycles. The van der Waals surface area contributed by atoms with Crippen LogP contribution < -0.4 is 10.6 Å². The number of aromatic nitrogens is 2. The molecular weight excluding hydrogens is 350 g/mol. The van der Waals surface area contributed by atoms with E-state index in [-0.39, 0.29) is 23.9 Å². The van der Waals surface area contributed by atoms with Crippen molar-refractivity contribution in [1.29, 1.82) is 0 Å². The van der Waals surface area contributed by atoms with Crippen molar-refractivity contribution in [1.82, 2.24) is 9.97 Å². The zero-order valence-corrected chi connectivity index (χ0v) is 14.3. The predicted octanol–water partition coefficient (Wildman–Crippen LogP) is 3.25. The van der Waals surface area contributed by atoms with Gasteiger partial charge in [0.2, 0.25) is 5.91 Å². The second kappa shape index (κ2) is 6.85. The lowest BCUT2D eigenvalue weighted by Crippen LogP contribution is -2.15. The molecule has 2 amide bonds. The van der Waals surface area contributed by atoms with Gasteiger partial charge in [-0.25, -0.2) is 9.98 Å². The molecule has 0 bridgehead atoms. The molecule has 8 heteroatoms. The first-order valence-corrected chi connectivity index (χ1v) is 8.75. The Morgan fingerprint density at radius 2 is 2.00 bits per heavy atom. The maximum atomic E-state index is 12.1. The van der Waals surface area contributed by atoms with E-state index in [1.54, 1.807) is 12.1 Å². The zero-order chi connectivity index (χ0) is 17.9. The molecule has 26 heavy (non-hydrogen) atoms. The standard InChI is InChI=1S/C18H13N5O2S/c24-17-7-13(22-15-9-26-10-16(15)23-17)11-1-3-12(4-2-11)21-18(25)14-8-19-5-6-20-14/h1-6,8-10H,7H2,(H,21,25)(H,23,24). The van der Waals surface area contributed by atoms with Gasteiger partial charge in [-0.15, -0.1) is 11.3 Å². The smallest absolute Gasteiger partial charge is 0.275 e. The van der Waals surface area contributed by atoms with Crippen molar-refractivity contribution in [3.05, 3.63) is 64.9 Å². The molecule has 2 N–H and O–H groups in total. The molecule has 1 aliphatic heterocycles. The third-order valence-corrected chi connectivity index (χ3v) is 4.50. The molecule has 2 aromatic heterocycles. The van der Waals surface area contributed by atoms with Gasteiger partial charge in [-0.05, 0) is 17.7 Å². The van der Waals surface area contributed by atoms with Crippen LogP contribution >= 0.6 is 11.3 Å². The number of anilines is 2. The molecule has 1 aromatic carbocycles. The van der Waals surface area contributed by atoms with Crippen molar-refractivity contribution in [3.8, 4) is 0 Å². The lowest BCUT2D eigenvalue weighted by Gasteiger charge is -2.07. The normalized spacial score (nSPS) is 13.2. The van der Waals surface area contributed by atoms with Crippen molar-refractivity contribution >= 4 is 45.9 Å². The molecule has 4 rings (SSSR count). The molecule has 0 saturated heterocycles. The van der Waals surface area contributed by atoms with Gasteiger partial charge in [0, 0.05) is 28.8 Å². The van der Waals surface area contributed by atoms with Gasteiger partial charge >= 0.3 is 0 Å². The van der Waals surface area contributed by atoms with Crippen LogP contribution in [0.2, 0.25) is 0 Å². The van der Waals surface area contributed by atoms with E-state index in [9.17, 15) is 9.59 Å². The second-order valence-corrected chi connectivity index (χ2v) is 6.32. The first kappa shape index (κ1) is 16.1. The van der Waals surface area contributed by atoms with E-state index >= 15 is 0 Å². The summed E-state index contributed by atoms with van der Waals surface area (Å²) in [4.78, 5) is 36.6. The Labute approximate surface area is 152 Å². The van der Waals surface area contributed by atoms with Gasteiger partial charge in [0.25, 0.3) is 5.91 Å². The maximum Gasteiger partial charge on any atom is 0.275 e. The number of thiophene rings is 1. The van der Waals surface area contributed by atoms with E-state index in [4.69, 9.17) is 0 Å². The van der Waals surface area contributed by atoms with Crippen LogP contribution in [0.15, 0.2) is 58.6 Å². The molecule has 3 aromatic rings. The summed E-state index contributed by atoms with van der Waals surface area (Å²) in [5, 5.41) is 9.37. The van der Waals surface area contributed by atoms with E-state index in [0.717, 1.165) is 16.9 Å². The predicted molar refractivity (Wildman–Crippen MR) is 100 cm³/mol. The summed E-state index contributed by atoms with van der Waals surface area (Å²) in [6, 6.07) is 7.19. The molecule has 0 unspecified atom stereocenters. The molecule has 1 aliphatic rings. The summed E-state index contributed by atoms with van der Waals surface area (Å²) in [5.41, 5.74) is 3.88. The molecule has 0 spiro atoms. The van der Waals surface area contributed by atoms with Crippen LogP contribution in [0.1, 0.15) is 22.5 Å². The van der Waals surface area contributed by atoms with E-state index in [1.807, 2.05) is 22.9 Å². The average molecular weight is 363 g/mol. The highest BCUT2D eigenvalue weighted by Crippen LogP contribution is 2.32. The molecule has 0 radical (unpaired) electrons. The first-order valence-electron chi connectivity index (χ1n) is 7.80. The molecule has 0 aliphatic carbocycles. The van der Waals surface area contributed by atoms with Gasteiger partial charge in [-0.1, -0.05) is 12.1 Å². The number of rotatable bonds is 3. The van der Waals surface area contributed by atoms with Crippen LogP contribution in [0.4, 0.5) is 17.1 Å². The number of hydrogen-bond acceptors (Lipinski definition) is 6. The number of carbonyl (C=O) groups excluding carboxylic acids is 2. The lowest BCUT2D eigenvalue weighted by atomic mass is 10.1. The van der Waals surface area contributed by atoms with Crippen molar-refractivity contribution in [3.63, 3.8) is 0 Å². The molecular formula is C18H13N5O2S. The monoisotopic (exact) mass is 363 g/mol. The Morgan fingerprint density at radius 3 is 2.77 bits per heavy atom. The number of nitrogens with one attached hydrogen (secondary N) is 2. The van der Waals surface area contributed by atoms with Gasteiger partial charge < -0.3 is 10.6 Å². The summed E-state index contributed by atoms with van der Waals surface area (Å²) < 4.78 is 0. The summed E-state index contributed by atoms with van der Waals surface area (Å²) in [5.74, 6) is -0.430. The number of aliphatic imine (C=N–C) groups is 1. The van der Waals surface area contributed by atoms with Gasteiger partial charge in [0.05, 0.1) is 29.7 Å². The SMILES string of the molecule is O=C1CC(c2ccc(NC(=O)c3cnccn3)cc2)=Nc2cscc2N1. The fraction of sp³-hybridized carbons (Fsp3) is 0.0556. The lowest BCUT2D eigenvalue weighted by molar-refractivity contribution is -0.115. The minimum atomic E-state index is -0.333. The first-order chi connectivity index (χ1) is 12.7. The molecule has 3 heterocycles. The van der Waals surface area contributed by atoms with Crippen molar-refractivity contribution in [2.45, 2.75) is 6.42 Å². The molecule has 7 nitrogen and oxygen atoms in total. The molecule has 0 atom stereocenters. The van der Waals surface area contributed by atoms with Crippen LogP contribution in [0.25, 0.3) is 0 Å². The fourth-order valence-electron chi connectivity index (χ4n) is 2.53. The highest BCUT2D eigenvalue weighted by Gasteiger charge is 2.17. The highest BCUT2D eigenvalue weighted by molar-refractivity contribution is 7.09. The van der Waals surface area contributed by atoms with E-state index in [0.29, 0.717) is 11.4 Å². The summed E-state index contributed by atoms with van der Waals surface area (Å²) >= 11 is 1.49. The summed E-state index contributed by atoms with van der Waals surface area (Å²) in [7, 11) is 0. The minimum absolute atomic E-state index is 0.0964. The fourth-order valence-corrected chi connectivity index (χ4v) is 3.22. The van der Waals surface area contributed by atoms with Crippen LogP contribution in [-0.4, -0.2) is 27.5 Å². The molecule has 128 valence electrons. The van der Waals surface area contributed by atoms with Gasteiger partial charge in [0.1, 0.15) is 5.69 Å². The Balaban J connectivity index is 1.55. The minimum Gasteiger partial charge on any atom is -0.323 e. The van der Waals surface area contributed by atoms with Crippen LogP contribution in [0.5, 0.6) is 0 Å². The van der Waals surface area contributed by atoms with E-state index < -0.39 is 0 Å². The average Bonchev–Trinajstić information content (AvgIpc) is 3.02. The summed E-state index contributed by atoms with van der Waals surface area (Å²) in [6.07, 6.45) is 4.58. The number of amides is 2. The number of fused-ring (bicyclic) bond motifs is 1. The van der Waals surface area contributed by atoms with Gasteiger partial charge in [-0.3, -0.25) is 14.6 Å². The van der Waals surface area contributed by atoms with E-state index in [2.05, 4.69) is 25.6 Å². The maximum absolute atomic E-state index is 12.1. The van der Waals surface area contributed by atoms with Crippen molar-refractivity contribution in [2.75, 3.05) is 10.6 Å². The van der Waals surface area contributed by atoms with Crippen LogP contribution in [0.3, 0.4) is 0 Å². The van der Waals surface area contributed by atoms with Crippen LogP contribution in [0, 0.1) is 0 Å².